The van der Waals surface area contributed by atoms with Crippen molar-refractivity contribution in [3.05, 3.63) is 53.2 Å². The predicted octanol–water partition coefficient (Wildman–Crippen LogP) is 1.20. The number of fused-ring (bicyclic) bond motifs is 1. The summed E-state index contributed by atoms with van der Waals surface area (Å²) in [4.78, 5) is 41.3. The molecule has 13 nitrogen and oxygen atoms in total. The summed E-state index contributed by atoms with van der Waals surface area (Å²) < 4.78 is 18.5. The predicted molar refractivity (Wildman–Crippen MR) is 144 cm³/mol. The number of imidazole rings is 1. The van der Waals surface area contributed by atoms with Gasteiger partial charge in [0.1, 0.15) is 17.7 Å². The van der Waals surface area contributed by atoms with Crippen LogP contribution >= 0.6 is 11.6 Å². The zero-order valence-electron chi connectivity index (χ0n) is 22.3. The van der Waals surface area contributed by atoms with Gasteiger partial charge in [-0.15, -0.1) is 6.42 Å². The Morgan fingerprint density at radius 3 is 2.57 bits per heavy atom. The lowest BCUT2D eigenvalue weighted by Crippen LogP contribution is -2.48. The smallest absolute Gasteiger partial charge is 0.373 e. The fourth-order valence-corrected chi connectivity index (χ4v) is 5.25. The number of hydrogen-bond acceptors (Lipinski definition) is 11. The summed E-state index contributed by atoms with van der Waals surface area (Å²) in [7, 11) is 0. The Kier molecular flexibility index (Phi) is 10.4. The van der Waals surface area contributed by atoms with E-state index in [1.54, 1.807) is 24.3 Å². The summed E-state index contributed by atoms with van der Waals surface area (Å²) in [6.45, 7) is 0.992. The van der Waals surface area contributed by atoms with Gasteiger partial charge in [-0.25, -0.2) is 14.8 Å². The number of aromatic nitrogens is 4. The first kappa shape index (κ1) is 31.2. The largest absolute Gasteiger partial charge is 0.479 e. The van der Waals surface area contributed by atoms with Crippen molar-refractivity contribution in [1.82, 2.24) is 19.5 Å². The van der Waals surface area contributed by atoms with E-state index < -0.39 is 36.1 Å². The zero-order chi connectivity index (χ0) is 30.3. The summed E-state index contributed by atoms with van der Waals surface area (Å²) in [6.07, 6.45) is 4.57. The van der Waals surface area contributed by atoms with Crippen LogP contribution in [-0.4, -0.2) is 90.7 Å². The van der Waals surface area contributed by atoms with Gasteiger partial charge in [-0.3, -0.25) is 4.57 Å². The molecular formula is C28H29ClN4O9. The van der Waals surface area contributed by atoms with Crippen LogP contribution in [0.2, 0.25) is 5.28 Å². The van der Waals surface area contributed by atoms with Gasteiger partial charge >= 0.3 is 12.1 Å². The van der Waals surface area contributed by atoms with E-state index in [1.165, 1.54) is 10.9 Å². The van der Waals surface area contributed by atoms with Gasteiger partial charge < -0.3 is 29.5 Å². The van der Waals surface area contributed by atoms with Crippen molar-refractivity contribution in [3.8, 4) is 12.3 Å². The van der Waals surface area contributed by atoms with E-state index >= 15 is 0 Å². The molecule has 0 spiro atoms. The van der Waals surface area contributed by atoms with Crippen LogP contribution in [-0.2, 0) is 41.4 Å². The van der Waals surface area contributed by atoms with E-state index in [0.717, 1.165) is 18.4 Å². The van der Waals surface area contributed by atoms with Crippen LogP contribution in [0.25, 0.3) is 11.2 Å². The zero-order valence-corrected chi connectivity index (χ0v) is 23.1. The molecule has 1 aromatic carbocycles. The van der Waals surface area contributed by atoms with Crippen molar-refractivity contribution in [1.29, 1.82) is 0 Å². The second-order valence-corrected chi connectivity index (χ2v) is 10.2. The first-order valence-electron chi connectivity index (χ1n) is 13.1. The van der Waals surface area contributed by atoms with Crippen LogP contribution in [0, 0.1) is 18.3 Å². The molecule has 0 bridgehead atoms. The van der Waals surface area contributed by atoms with Gasteiger partial charge in [0.15, 0.2) is 23.6 Å². The van der Waals surface area contributed by atoms with Gasteiger partial charge in [-0.1, -0.05) is 36.3 Å². The normalized spacial score (nSPS) is 24.8. The highest BCUT2D eigenvalue weighted by Crippen LogP contribution is 2.39. The maximum Gasteiger partial charge on any atom is 0.373 e. The topological polar surface area (TPSA) is 183 Å². The molecule has 2 saturated heterocycles. The number of carbonyl (C=O) groups is 1. The number of rotatable bonds is 9. The molecule has 222 valence electrons. The van der Waals surface area contributed by atoms with Crippen molar-refractivity contribution in [2.45, 2.75) is 55.8 Å². The Morgan fingerprint density at radius 2 is 1.93 bits per heavy atom. The Bertz CT molecular complexity index is 1450. The lowest BCUT2D eigenvalue weighted by Gasteiger charge is -2.26. The van der Waals surface area contributed by atoms with Gasteiger partial charge in [0, 0.05) is 19.6 Å². The Morgan fingerprint density at radius 1 is 1.24 bits per heavy atom. The number of aliphatic carboxylic acids is 1. The number of hydrogen-bond donors (Lipinski definition) is 3. The van der Waals surface area contributed by atoms with E-state index in [1.807, 2.05) is 6.07 Å². The SMILES string of the molecule is C#C[C@@]1(O)[C@@H](COC(Cc2ccccc2)C(=O)O)O[C@@H](n2cnc3c(CC4CCOCC4)nc(Cl)nc32)[C@@H]1O.O=C=O. The fourth-order valence-electron chi connectivity index (χ4n) is 5.06. The highest BCUT2D eigenvalue weighted by atomic mass is 35.5. The van der Waals surface area contributed by atoms with Crippen molar-refractivity contribution in [3.63, 3.8) is 0 Å². The average molecular weight is 601 g/mol. The van der Waals surface area contributed by atoms with Gasteiger partial charge in [0.2, 0.25) is 5.28 Å². The molecule has 2 aromatic heterocycles. The van der Waals surface area contributed by atoms with Crippen LogP contribution in [0.1, 0.15) is 30.3 Å². The number of halogens is 1. The maximum atomic E-state index is 11.8. The number of carbonyl (C=O) groups excluding carboxylic acids is 2. The Labute approximate surface area is 245 Å². The highest BCUT2D eigenvalue weighted by molar-refractivity contribution is 6.28. The minimum atomic E-state index is -2.17. The lowest BCUT2D eigenvalue weighted by molar-refractivity contribution is -0.191. The first-order valence-corrected chi connectivity index (χ1v) is 13.5. The van der Waals surface area contributed by atoms with Gasteiger partial charge in [0.05, 0.1) is 18.6 Å². The van der Waals surface area contributed by atoms with Crippen LogP contribution in [0.3, 0.4) is 0 Å². The quantitative estimate of drug-likeness (QED) is 0.236. The van der Waals surface area contributed by atoms with Crippen LogP contribution in [0.5, 0.6) is 0 Å². The van der Waals surface area contributed by atoms with Gasteiger partial charge in [-0.2, -0.15) is 14.6 Å². The molecule has 14 heteroatoms. The van der Waals surface area contributed by atoms with Crippen molar-refractivity contribution in [2.75, 3.05) is 19.8 Å². The molecule has 2 fully saturated rings. The van der Waals surface area contributed by atoms with Crippen molar-refractivity contribution >= 4 is 34.9 Å². The van der Waals surface area contributed by atoms with Gasteiger partial charge in [0.25, 0.3) is 0 Å². The molecule has 1 unspecified atom stereocenters. The number of terminal acetylenes is 1. The number of nitrogens with zero attached hydrogens (tertiary/aromatic N) is 4. The second kappa shape index (κ2) is 14.0. The number of ether oxygens (including phenoxy) is 3. The molecule has 0 radical (unpaired) electrons. The summed E-state index contributed by atoms with van der Waals surface area (Å²) in [5, 5.41) is 32.0. The van der Waals surface area contributed by atoms with Crippen molar-refractivity contribution < 1.29 is 43.9 Å². The second-order valence-electron chi connectivity index (χ2n) is 9.89. The number of carboxylic acid groups (broad SMARTS) is 1. The molecule has 2 aliphatic rings. The minimum absolute atomic E-state index is 0.0103. The fraction of sp³-hybridized carbons (Fsp3) is 0.464. The van der Waals surface area contributed by atoms with Crippen LogP contribution in [0.15, 0.2) is 36.7 Å². The van der Waals surface area contributed by atoms with E-state index in [4.69, 9.17) is 41.8 Å². The number of carboxylic acids is 1. The summed E-state index contributed by atoms with van der Waals surface area (Å²) in [5.41, 5.74) is 0.0773. The van der Waals surface area contributed by atoms with E-state index in [-0.39, 0.29) is 24.5 Å². The van der Waals surface area contributed by atoms with Gasteiger partial charge in [-0.05, 0) is 42.3 Å². The number of aliphatic hydroxyl groups excluding tert-OH is 1. The lowest BCUT2D eigenvalue weighted by atomic mass is 9.93. The molecule has 5 rings (SSSR count). The summed E-state index contributed by atoms with van der Waals surface area (Å²) in [5.74, 6) is 1.39. The van der Waals surface area contributed by atoms with E-state index in [0.29, 0.717) is 42.4 Å². The first-order chi connectivity index (χ1) is 20.2. The monoisotopic (exact) mass is 600 g/mol. The average Bonchev–Trinajstić information content (AvgIpc) is 3.51. The van der Waals surface area contributed by atoms with E-state index in [2.05, 4.69) is 20.9 Å². The molecule has 42 heavy (non-hydrogen) atoms. The highest BCUT2D eigenvalue weighted by Gasteiger charge is 2.56. The molecule has 2 aliphatic heterocycles. The molecule has 5 atom stereocenters. The Balaban J connectivity index is 0.00000129. The summed E-state index contributed by atoms with van der Waals surface area (Å²) in [6, 6.07) is 9.00. The molecule has 0 amide bonds. The molecule has 0 saturated carbocycles. The van der Waals surface area contributed by atoms with Crippen molar-refractivity contribution in [2.24, 2.45) is 5.92 Å². The maximum absolute atomic E-state index is 11.8. The van der Waals surface area contributed by atoms with Crippen LogP contribution in [0.4, 0.5) is 0 Å². The summed E-state index contributed by atoms with van der Waals surface area (Å²) >= 11 is 6.26. The van der Waals surface area contributed by atoms with E-state index in [9.17, 15) is 20.1 Å². The van der Waals surface area contributed by atoms with Crippen LogP contribution < -0.4 is 0 Å². The molecule has 3 aromatic rings. The molecule has 0 aliphatic carbocycles. The number of aliphatic hydroxyl groups is 2. The Hall–Kier alpha value is -3.73. The third-order valence-corrected chi connectivity index (χ3v) is 7.47. The standard InChI is InChI=1S/C27H29ClN4O7.CO2/c1-2-27(36)20(14-38-19(25(34)35)13-16-6-4-3-5-7-16)39-24(22(27)33)32-15-29-21-18(30-26(28)31-23(21)32)12-17-8-10-37-11-9-17;2-1-3/h1,3-7,15,17,19-20,22,24,33,36H,8-14H2,(H,34,35);/t19?,20-,22+,24-,27-;/m1./s1. The number of benzene rings is 1. The molecule has 4 heterocycles. The third kappa shape index (κ3) is 6.83. The molecular weight excluding hydrogens is 572 g/mol. The molecule has 3 N–H and O–H groups in total. The third-order valence-electron chi connectivity index (χ3n) is 7.30. The minimum Gasteiger partial charge on any atom is -0.479 e.